The Morgan fingerprint density at radius 3 is 2.38 bits per heavy atom. The van der Waals surface area contributed by atoms with Gasteiger partial charge >= 0.3 is 0 Å². The number of furan rings is 1. The van der Waals surface area contributed by atoms with Gasteiger partial charge in [0.05, 0.1) is 20.5 Å². The average molecular weight is 393 g/mol. The lowest BCUT2D eigenvalue weighted by atomic mass is 9.92. The first-order chi connectivity index (χ1) is 14.1. The molecule has 5 nitrogen and oxygen atoms in total. The molecule has 2 aromatic carbocycles. The lowest BCUT2D eigenvalue weighted by Crippen LogP contribution is -2.30. The first-order valence-electron chi connectivity index (χ1n) is 9.67. The van der Waals surface area contributed by atoms with E-state index in [4.69, 9.17) is 13.9 Å². The number of para-hydroxylation sites is 1. The van der Waals surface area contributed by atoms with Crippen LogP contribution in [0.5, 0.6) is 11.5 Å². The van der Waals surface area contributed by atoms with Crippen molar-refractivity contribution in [2.24, 2.45) is 0 Å². The predicted molar refractivity (Wildman–Crippen MR) is 112 cm³/mol. The number of benzene rings is 2. The van der Waals surface area contributed by atoms with Gasteiger partial charge in [0.1, 0.15) is 17.3 Å². The van der Waals surface area contributed by atoms with Gasteiger partial charge in [0.25, 0.3) is 0 Å². The molecule has 29 heavy (non-hydrogen) atoms. The monoisotopic (exact) mass is 393 g/mol. The fourth-order valence-electron chi connectivity index (χ4n) is 3.48. The molecule has 0 spiro atoms. The first kappa shape index (κ1) is 20.5. The fourth-order valence-corrected chi connectivity index (χ4v) is 3.48. The van der Waals surface area contributed by atoms with E-state index in [2.05, 4.69) is 0 Å². The number of amides is 1. The Morgan fingerprint density at radius 1 is 1.00 bits per heavy atom. The summed E-state index contributed by atoms with van der Waals surface area (Å²) >= 11 is 0. The maximum absolute atomic E-state index is 12.3. The molecule has 0 N–H and O–H groups in total. The second kappa shape index (κ2) is 9.82. The highest BCUT2D eigenvalue weighted by atomic mass is 16.5. The molecule has 0 unspecified atom stereocenters. The molecule has 0 aliphatic rings. The predicted octanol–water partition coefficient (Wildman–Crippen LogP) is 4.87. The van der Waals surface area contributed by atoms with Crippen LogP contribution >= 0.6 is 0 Å². The molecule has 1 heterocycles. The molecule has 0 radical (unpaired) electrons. The SMILES string of the molecule is COc1ccc(CN(CC[C@H](c2ccco2)c2ccccc2OC)C(C)=O)cc1. The van der Waals surface area contributed by atoms with Crippen molar-refractivity contribution < 1.29 is 18.7 Å². The van der Waals surface area contributed by atoms with Gasteiger partial charge in [-0.25, -0.2) is 0 Å². The number of rotatable bonds is 9. The first-order valence-corrected chi connectivity index (χ1v) is 9.67. The number of methoxy groups -OCH3 is 2. The zero-order valence-electron chi connectivity index (χ0n) is 17.1. The molecule has 3 aromatic rings. The maximum atomic E-state index is 12.3. The Hall–Kier alpha value is -3.21. The van der Waals surface area contributed by atoms with Gasteiger partial charge < -0.3 is 18.8 Å². The lowest BCUT2D eigenvalue weighted by Gasteiger charge is -2.25. The van der Waals surface area contributed by atoms with Crippen molar-refractivity contribution >= 4 is 5.91 Å². The van der Waals surface area contributed by atoms with Crippen LogP contribution in [0, 0.1) is 0 Å². The summed E-state index contributed by atoms with van der Waals surface area (Å²) in [6.45, 7) is 2.76. The molecule has 0 fully saturated rings. The van der Waals surface area contributed by atoms with Crippen LogP contribution in [-0.4, -0.2) is 31.6 Å². The van der Waals surface area contributed by atoms with Crippen LogP contribution < -0.4 is 9.47 Å². The summed E-state index contributed by atoms with van der Waals surface area (Å²) in [5.74, 6) is 2.52. The van der Waals surface area contributed by atoms with Crippen LogP contribution in [0.4, 0.5) is 0 Å². The minimum atomic E-state index is -0.00105. The summed E-state index contributed by atoms with van der Waals surface area (Å²) in [5, 5.41) is 0. The van der Waals surface area contributed by atoms with Gasteiger partial charge in [-0.2, -0.15) is 0 Å². The summed E-state index contributed by atoms with van der Waals surface area (Å²) < 4.78 is 16.5. The van der Waals surface area contributed by atoms with E-state index in [9.17, 15) is 4.79 Å². The largest absolute Gasteiger partial charge is 0.497 e. The number of hydrogen-bond donors (Lipinski definition) is 0. The average Bonchev–Trinajstić information content (AvgIpc) is 3.28. The van der Waals surface area contributed by atoms with Crippen LogP contribution in [0.25, 0.3) is 0 Å². The highest BCUT2D eigenvalue weighted by Crippen LogP contribution is 2.34. The Bertz CT molecular complexity index is 903. The Balaban J connectivity index is 1.78. The Kier molecular flexibility index (Phi) is 6.95. The van der Waals surface area contributed by atoms with Gasteiger partial charge in [-0.15, -0.1) is 0 Å². The van der Waals surface area contributed by atoms with Gasteiger partial charge in [0, 0.05) is 31.5 Å². The van der Waals surface area contributed by atoms with Gasteiger partial charge in [-0.05, 0) is 42.3 Å². The van der Waals surface area contributed by atoms with E-state index in [1.807, 2.05) is 65.6 Å². The fraction of sp³-hybridized carbons (Fsp3) is 0.292. The second-order valence-corrected chi connectivity index (χ2v) is 6.89. The van der Waals surface area contributed by atoms with Gasteiger partial charge in [0.15, 0.2) is 0 Å². The third kappa shape index (κ3) is 5.19. The van der Waals surface area contributed by atoms with Crippen molar-refractivity contribution in [2.45, 2.75) is 25.8 Å². The van der Waals surface area contributed by atoms with Crippen LogP contribution in [0.15, 0.2) is 71.3 Å². The summed E-state index contributed by atoms with van der Waals surface area (Å²) in [7, 11) is 3.31. The highest BCUT2D eigenvalue weighted by Gasteiger charge is 2.22. The Labute approximate surface area is 171 Å². The van der Waals surface area contributed by atoms with E-state index < -0.39 is 0 Å². The van der Waals surface area contributed by atoms with Crippen LogP contribution in [-0.2, 0) is 11.3 Å². The van der Waals surface area contributed by atoms with Crippen LogP contribution in [0.1, 0.15) is 36.1 Å². The van der Waals surface area contributed by atoms with Crippen molar-refractivity contribution in [1.29, 1.82) is 0 Å². The van der Waals surface area contributed by atoms with E-state index in [1.165, 1.54) is 0 Å². The molecular formula is C24H27NO4. The molecule has 3 rings (SSSR count). The van der Waals surface area contributed by atoms with Crippen LogP contribution in [0.3, 0.4) is 0 Å². The number of nitrogens with zero attached hydrogens (tertiary/aromatic N) is 1. The molecule has 152 valence electrons. The molecule has 5 heteroatoms. The quantitative estimate of drug-likeness (QED) is 0.521. The molecule has 0 aliphatic carbocycles. The zero-order valence-corrected chi connectivity index (χ0v) is 17.1. The zero-order chi connectivity index (χ0) is 20.6. The molecule has 0 saturated heterocycles. The topological polar surface area (TPSA) is 51.9 Å². The number of carbonyl (C=O) groups excluding carboxylic acids is 1. The summed E-state index contributed by atoms with van der Waals surface area (Å²) in [6, 6.07) is 19.6. The lowest BCUT2D eigenvalue weighted by molar-refractivity contribution is -0.129. The van der Waals surface area contributed by atoms with Crippen molar-refractivity contribution in [1.82, 2.24) is 4.90 Å². The minimum absolute atomic E-state index is 0.00105. The molecule has 1 amide bonds. The molecule has 1 atom stereocenters. The molecule has 0 saturated carbocycles. The molecule has 1 aromatic heterocycles. The molecule has 0 bridgehead atoms. The van der Waals surface area contributed by atoms with Crippen molar-refractivity contribution in [2.75, 3.05) is 20.8 Å². The maximum Gasteiger partial charge on any atom is 0.219 e. The van der Waals surface area contributed by atoms with Gasteiger partial charge in [-0.1, -0.05) is 30.3 Å². The third-order valence-corrected chi connectivity index (χ3v) is 5.07. The molecular weight excluding hydrogens is 366 g/mol. The third-order valence-electron chi connectivity index (χ3n) is 5.07. The smallest absolute Gasteiger partial charge is 0.219 e. The summed E-state index contributed by atoms with van der Waals surface area (Å²) in [4.78, 5) is 14.1. The number of ether oxygens (including phenoxy) is 2. The highest BCUT2D eigenvalue weighted by molar-refractivity contribution is 5.73. The van der Waals surface area contributed by atoms with E-state index in [-0.39, 0.29) is 11.8 Å². The Morgan fingerprint density at radius 2 is 1.76 bits per heavy atom. The van der Waals surface area contributed by atoms with E-state index in [0.717, 1.165) is 34.8 Å². The van der Waals surface area contributed by atoms with Gasteiger partial charge in [0.2, 0.25) is 5.91 Å². The molecule has 0 aliphatic heterocycles. The van der Waals surface area contributed by atoms with Crippen molar-refractivity contribution in [3.8, 4) is 11.5 Å². The van der Waals surface area contributed by atoms with E-state index >= 15 is 0 Å². The van der Waals surface area contributed by atoms with Crippen LogP contribution in [0.2, 0.25) is 0 Å². The standard InChI is InChI=1S/C24H27NO4/c1-18(26)25(17-19-10-12-20(27-2)13-11-19)15-14-22(24-9-6-16-29-24)21-7-4-5-8-23(21)28-3/h4-13,16,22H,14-15,17H2,1-3H3/t22-/m0/s1. The van der Waals surface area contributed by atoms with Crippen molar-refractivity contribution in [3.63, 3.8) is 0 Å². The number of carbonyl (C=O) groups is 1. The number of hydrogen-bond acceptors (Lipinski definition) is 4. The summed E-state index contributed by atoms with van der Waals surface area (Å²) in [5.41, 5.74) is 2.12. The van der Waals surface area contributed by atoms with E-state index in [1.54, 1.807) is 27.4 Å². The second-order valence-electron chi connectivity index (χ2n) is 6.89. The van der Waals surface area contributed by atoms with Crippen molar-refractivity contribution in [3.05, 3.63) is 83.8 Å². The normalized spacial score (nSPS) is 11.7. The van der Waals surface area contributed by atoms with E-state index in [0.29, 0.717) is 13.1 Å². The minimum Gasteiger partial charge on any atom is -0.497 e. The van der Waals surface area contributed by atoms with Gasteiger partial charge in [-0.3, -0.25) is 4.79 Å². The summed E-state index contributed by atoms with van der Waals surface area (Å²) in [6.07, 6.45) is 2.40.